The molecule has 3 rings (SSSR count). The zero-order chi connectivity index (χ0) is 14.2. The van der Waals surface area contributed by atoms with Crippen LogP contribution < -0.4 is 5.73 Å². The number of halogens is 1. The first-order valence-electron chi connectivity index (χ1n) is 7.52. The lowest BCUT2D eigenvalue weighted by atomic mass is 9.77. The SMILES string of the molecule is CN(Cc1cccc(F)c1)C1(CN)CCN2CCC1C2. The van der Waals surface area contributed by atoms with Gasteiger partial charge in [0.2, 0.25) is 0 Å². The monoisotopic (exact) mass is 277 g/mol. The van der Waals surface area contributed by atoms with Gasteiger partial charge in [-0.25, -0.2) is 4.39 Å². The van der Waals surface area contributed by atoms with Crippen LogP contribution in [0.2, 0.25) is 0 Å². The molecule has 0 aromatic heterocycles. The van der Waals surface area contributed by atoms with Crippen LogP contribution in [0.25, 0.3) is 0 Å². The maximum atomic E-state index is 13.3. The summed E-state index contributed by atoms with van der Waals surface area (Å²) in [5.74, 6) is 0.494. The van der Waals surface area contributed by atoms with E-state index in [1.165, 1.54) is 25.6 Å². The van der Waals surface area contributed by atoms with Crippen molar-refractivity contribution in [3.05, 3.63) is 35.6 Å². The van der Waals surface area contributed by atoms with E-state index in [-0.39, 0.29) is 11.4 Å². The summed E-state index contributed by atoms with van der Waals surface area (Å²) in [5.41, 5.74) is 7.28. The first kappa shape index (κ1) is 14.0. The summed E-state index contributed by atoms with van der Waals surface area (Å²) in [7, 11) is 2.14. The van der Waals surface area contributed by atoms with Gasteiger partial charge in [-0.2, -0.15) is 0 Å². The summed E-state index contributed by atoms with van der Waals surface area (Å²) in [4.78, 5) is 4.91. The van der Waals surface area contributed by atoms with E-state index in [1.54, 1.807) is 12.1 Å². The van der Waals surface area contributed by atoms with Gasteiger partial charge in [-0.15, -0.1) is 0 Å². The van der Waals surface area contributed by atoms with Gasteiger partial charge in [0.15, 0.2) is 0 Å². The molecule has 3 unspecified atom stereocenters. The largest absolute Gasteiger partial charge is 0.329 e. The van der Waals surface area contributed by atoms with Gasteiger partial charge >= 0.3 is 0 Å². The van der Waals surface area contributed by atoms with Crippen molar-refractivity contribution in [1.29, 1.82) is 0 Å². The van der Waals surface area contributed by atoms with Crippen LogP contribution in [0.15, 0.2) is 24.3 Å². The lowest BCUT2D eigenvalue weighted by Gasteiger charge is -2.48. The first-order chi connectivity index (χ1) is 9.64. The number of hydrogen-bond donors (Lipinski definition) is 1. The van der Waals surface area contributed by atoms with Crippen LogP contribution in [0.4, 0.5) is 4.39 Å². The topological polar surface area (TPSA) is 32.5 Å². The maximum absolute atomic E-state index is 13.3. The summed E-state index contributed by atoms with van der Waals surface area (Å²) < 4.78 is 13.3. The molecule has 0 saturated carbocycles. The zero-order valence-electron chi connectivity index (χ0n) is 12.2. The van der Waals surface area contributed by atoms with E-state index < -0.39 is 0 Å². The first-order valence-corrected chi connectivity index (χ1v) is 7.52. The Balaban J connectivity index is 1.78. The highest BCUT2D eigenvalue weighted by atomic mass is 19.1. The number of rotatable bonds is 4. The normalized spacial score (nSPS) is 32.8. The summed E-state index contributed by atoms with van der Waals surface area (Å²) >= 11 is 0. The lowest BCUT2D eigenvalue weighted by molar-refractivity contribution is 0.0212. The van der Waals surface area contributed by atoms with Gasteiger partial charge in [-0.05, 0) is 56.6 Å². The summed E-state index contributed by atoms with van der Waals surface area (Å²) in [6, 6.07) is 6.90. The molecule has 4 heteroatoms. The Kier molecular flexibility index (Phi) is 3.80. The summed E-state index contributed by atoms with van der Waals surface area (Å²) in [6.07, 6.45) is 2.37. The van der Waals surface area contributed by atoms with E-state index in [9.17, 15) is 4.39 Å². The average molecular weight is 277 g/mol. The second-order valence-corrected chi connectivity index (χ2v) is 6.33. The fourth-order valence-electron chi connectivity index (χ4n) is 4.02. The van der Waals surface area contributed by atoms with E-state index >= 15 is 0 Å². The molecule has 0 amide bonds. The molecule has 0 spiro atoms. The van der Waals surface area contributed by atoms with Gasteiger partial charge in [0, 0.05) is 25.2 Å². The Morgan fingerprint density at radius 2 is 2.30 bits per heavy atom. The third-order valence-corrected chi connectivity index (χ3v) is 5.32. The van der Waals surface area contributed by atoms with Gasteiger partial charge in [0.05, 0.1) is 0 Å². The number of benzene rings is 1. The highest BCUT2D eigenvalue weighted by molar-refractivity contribution is 5.17. The number of piperidine rings is 1. The average Bonchev–Trinajstić information content (AvgIpc) is 2.83. The Morgan fingerprint density at radius 3 is 3.05 bits per heavy atom. The van der Waals surface area contributed by atoms with Crippen LogP contribution >= 0.6 is 0 Å². The molecule has 2 aliphatic heterocycles. The Morgan fingerprint density at radius 1 is 1.45 bits per heavy atom. The molecule has 110 valence electrons. The van der Waals surface area contributed by atoms with E-state index in [0.29, 0.717) is 12.5 Å². The molecule has 2 N–H and O–H groups in total. The highest BCUT2D eigenvalue weighted by Crippen LogP contribution is 2.39. The number of nitrogens with two attached hydrogens (primary N) is 1. The van der Waals surface area contributed by atoms with Crippen molar-refractivity contribution in [2.24, 2.45) is 11.7 Å². The van der Waals surface area contributed by atoms with Crippen molar-refractivity contribution in [3.8, 4) is 0 Å². The second kappa shape index (κ2) is 5.43. The standard InChI is InChI=1S/C16H24FN3/c1-19(10-13-3-2-4-15(17)9-13)16(12-18)6-8-20-7-5-14(16)11-20/h2-4,9,14H,5-8,10-12,18H2,1H3. The molecule has 1 aromatic rings. The molecule has 0 radical (unpaired) electrons. The van der Waals surface area contributed by atoms with Gasteiger partial charge < -0.3 is 10.6 Å². The van der Waals surface area contributed by atoms with E-state index in [1.807, 2.05) is 6.07 Å². The van der Waals surface area contributed by atoms with Crippen molar-refractivity contribution >= 4 is 0 Å². The van der Waals surface area contributed by atoms with E-state index in [2.05, 4.69) is 16.8 Å². The molecule has 2 saturated heterocycles. The molecule has 2 bridgehead atoms. The fraction of sp³-hybridized carbons (Fsp3) is 0.625. The molecule has 2 fully saturated rings. The minimum absolute atomic E-state index is 0.0827. The minimum atomic E-state index is -0.159. The quantitative estimate of drug-likeness (QED) is 0.909. The van der Waals surface area contributed by atoms with E-state index in [0.717, 1.165) is 25.1 Å². The van der Waals surface area contributed by atoms with Gasteiger partial charge in [0.25, 0.3) is 0 Å². The Labute approximate surface area is 120 Å². The van der Waals surface area contributed by atoms with Crippen LogP contribution in [-0.2, 0) is 6.54 Å². The van der Waals surface area contributed by atoms with Crippen LogP contribution in [0.3, 0.4) is 0 Å². The van der Waals surface area contributed by atoms with Crippen molar-refractivity contribution in [2.45, 2.75) is 24.9 Å². The van der Waals surface area contributed by atoms with Gasteiger partial charge in [0.1, 0.15) is 5.82 Å². The molecular formula is C16H24FN3. The zero-order valence-corrected chi connectivity index (χ0v) is 12.2. The third-order valence-electron chi connectivity index (χ3n) is 5.32. The summed E-state index contributed by atoms with van der Waals surface area (Å²) in [5, 5.41) is 0. The number of fused-ring (bicyclic) bond motifs is 2. The smallest absolute Gasteiger partial charge is 0.123 e. The second-order valence-electron chi connectivity index (χ2n) is 6.33. The fourth-order valence-corrected chi connectivity index (χ4v) is 4.02. The van der Waals surface area contributed by atoms with Gasteiger partial charge in [-0.3, -0.25) is 4.90 Å². The molecule has 2 aliphatic rings. The van der Waals surface area contributed by atoms with Crippen molar-refractivity contribution in [1.82, 2.24) is 9.80 Å². The maximum Gasteiger partial charge on any atom is 0.123 e. The molecule has 2 heterocycles. The summed E-state index contributed by atoms with van der Waals surface area (Å²) in [6.45, 7) is 4.98. The predicted octanol–water partition coefficient (Wildman–Crippen LogP) is 1.68. The number of hydrogen-bond acceptors (Lipinski definition) is 3. The Bertz CT molecular complexity index is 479. The molecule has 20 heavy (non-hydrogen) atoms. The van der Waals surface area contributed by atoms with Crippen molar-refractivity contribution in [3.63, 3.8) is 0 Å². The van der Waals surface area contributed by atoms with Crippen LogP contribution in [-0.4, -0.2) is 48.6 Å². The molecule has 0 aliphatic carbocycles. The van der Waals surface area contributed by atoms with Crippen LogP contribution in [0, 0.1) is 11.7 Å². The Hall–Kier alpha value is -0.970. The van der Waals surface area contributed by atoms with Crippen LogP contribution in [0.5, 0.6) is 0 Å². The minimum Gasteiger partial charge on any atom is -0.329 e. The number of nitrogens with zero attached hydrogens (tertiary/aromatic N) is 2. The van der Waals surface area contributed by atoms with E-state index in [4.69, 9.17) is 5.73 Å². The molecule has 1 aromatic carbocycles. The van der Waals surface area contributed by atoms with Crippen molar-refractivity contribution in [2.75, 3.05) is 33.2 Å². The van der Waals surface area contributed by atoms with Crippen LogP contribution in [0.1, 0.15) is 18.4 Å². The third kappa shape index (κ3) is 2.36. The van der Waals surface area contributed by atoms with Gasteiger partial charge in [-0.1, -0.05) is 12.1 Å². The lowest BCUT2D eigenvalue weighted by Crippen LogP contribution is -2.60. The predicted molar refractivity (Wildman–Crippen MR) is 78.8 cm³/mol. The molecule has 3 nitrogen and oxygen atoms in total. The molecule has 3 atom stereocenters. The molecular weight excluding hydrogens is 253 g/mol. The van der Waals surface area contributed by atoms with Crippen molar-refractivity contribution < 1.29 is 4.39 Å². The number of likely N-dealkylation sites (N-methyl/N-ethyl adjacent to an activating group) is 1. The highest BCUT2D eigenvalue weighted by Gasteiger charge is 2.47.